The van der Waals surface area contributed by atoms with Gasteiger partial charge in [-0.05, 0) is 49.1 Å². The molecule has 1 amide bonds. The molecule has 35 heavy (non-hydrogen) atoms. The molecule has 0 saturated heterocycles. The second-order valence-corrected chi connectivity index (χ2v) is 12.2. The van der Waals surface area contributed by atoms with E-state index in [1.807, 2.05) is 0 Å². The van der Waals surface area contributed by atoms with Gasteiger partial charge in [-0.15, -0.1) is 0 Å². The number of alkyl halides is 6. The largest absolute Gasteiger partial charge is 0.433 e. The summed E-state index contributed by atoms with van der Waals surface area (Å²) in [5, 5.41) is 0.312. The molecule has 3 rings (SSSR count). The summed E-state index contributed by atoms with van der Waals surface area (Å²) in [6.07, 6.45) is -9.01. The number of amides is 1. The minimum absolute atomic E-state index is 0.0169. The van der Waals surface area contributed by atoms with Gasteiger partial charge in [0.25, 0.3) is 5.91 Å². The number of hydrogen-bond acceptors (Lipinski definition) is 6. The molecule has 1 aromatic heterocycles. The predicted molar refractivity (Wildman–Crippen MR) is 110 cm³/mol. The molecule has 0 bridgehead atoms. The summed E-state index contributed by atoms with van der Waals surface area (Å²) >= 11 is 0. The maximum Gasteiger partial charge on any atom is 0.433 e. The molecule has 0 radical (unpaired) electrons. The molecule has 0 spiro atoms. The molecule has 0 aliphatic heterocycles. The Morgan fingerprint density at radius 3 is 2.17 bits per heavy atom. The maximum absolute atomic E-state index is 12.9. The Morgan fingerprint density at radius 2 is 1.63 bits per heavy atom. The van der Waals surface area contributed by atoms with Crippen LogP contribution in [-0.2, 0) is 32.0 Å². The summed E-state index contributed by atoms with van der Waals surface area (Å²) in [4.78, 5) is 15.0. The first-order valence-electron chi connectivity index (χ1n) is 9.88. The van der Waals surface area contributed by atoms with Crippen molar-refractivity contribution in [2.75, 3.05) is 12.8 Å². The zero-order chi connectivity index (χ0) is 26.4. The molecule has 1 saturated carbocycles. The fourth-order valence-corrected chi connectivity index (χ4v) is 6.34. The highest BCUT2D eigenvalue weighted by atomic mass is 32.2. The Kier molecular flexibility index (Phi) is 6.98. The van der Waals surface area contributed by atoms with Gasteiger partial charge in [0.1, 0.15) is 5.69 Å². The number of rotatable bonds is 6. The first kappa shape index (κ1) is 26.9. The number of halogens is 6. The summed E-state index contributed by atoms with van der Waals surface area (Å²) in [5.41, 5.74) is -3.20. The third-order valence-electron chi connectivity index (χ3n) is 5.42. The van der Waals surface area contributed by atoms with Gasteiger partial charge in [-0.1, -0.05) is 6.07 Å². The number of pyridine rings is 1. The van der Waals surface area contributed by atoms with E-state index < -0.39 is 75.8 Å². The van der Waals surface area contributed by atoms with Gasteiger partial charge in [-0.25, -0.2) is 21.8 Å². The lowest BCUT2D eigenvalue weighted by Crippen LogP contribution is -2.42. The van der Waals surface area contributed by atoms with E-state index in [2.05, 4.69) is 10.3 Å². The van der Waals surface area contributed by atoms with Gasteiger partial charge in [0.15, 0.2) is 24.7 Å². The van der Waals surface area contributed by atoms with Crippen LogP contribution in [0.3, 0.4) is 0 Å². The third kappa shape index (κ3) is 5.94. The predicted octanol–water partition coefficient (Wildman–Crippen LogP) is 3.51. The first-order valence-corrected chi connectivity index (χ1v) is 13.3. The second kappa shape index (κ2) is 9.08. The van der Waals surface area contributed by atoms with Crippen molar-refractivity contribution < 1.29 is 48.0 Å². The van der Waals surface area contributed by atoms with Crippen molar-refractivity contribution in [1.29, 1.82) is 0 Å². The topological polar surface area (TPSA) is 110 Å². The van der Waals surface area contributed by atoms with Crippen LogP contribution in [0.15, 0.2) is 46.3 Å². The van der Waals surface area contributed by atoms with Crippen LogP contribution in [0.1, 0.15) is 34.5 Å². The number of nitrogens with zero attached hydrogens (tertiary/aromatic N) is 1. The van der Waals surface area contributed by atoms with Crippen molar-refractivity contribution in [2.45, 2.75) is 40.4 Å². The molecule has 1 N–H and O–H groups in total. The van der Waals surface area contributed by atoms with Crippen LogP contribution < -0.4 is 5.32 Å². The van der Waals surface area contributed by atoms with E-state index >= 15 is 0 Å². The van der Waals surface area contributed by atoms with Crippen LogP contribution in [0, 0.1) is 5.92 Å². The summed E-state index contributed by atoms with van der Waals surface area (Å²) in [6, 6.07) is 4.50. The zero-order valence-corrected chi connectivity index (χ0v) is 19.4. The number of sulfone groups is 2. The lowest BCUT2D eigenvalue weighted by Gasteiger charge is -2.35. The van der Waals surface area contributed by atoms with Crippen molar-refractivity contribution in [3.05, 3.63) is 53.2 Å². The molecule has 1 fully saturated rings. The van der Waals surface area contributed by atoms with E-state index in [-0.39, 0.29) is 19.4 Å². The summed E-state index contributed by atoms with van der Waals surface area (Å²) < 4.78 is 126. The Balaban J connectivity index is 1.67. The average molecular weight is 544 g/mol. The van der Waals surface area contributed by atoms with Gasteiger partial charge in [-0.2, -0.15) is 26.3 Å². The van der Waals surface area contributed by atoms with E-state index in [0.717, 1.165) is 18.2 Å². The SMILES string of the molecule is CS(=O)(=O)c1nc(C(F)(F)F)ccc1C(=O)NC[C@H]1C[C@H](S(=O)(=O)c2cccc(C(F)(F)F)c2)C1. The van der Waals surface area contributed by atoms with Crippen LogP contribution in [0.2, 0.25) is 0 Å². The number of hydrogen-bond donors (Lipinski definition) is 1. The monoisotopic (exact) mass is 544 g/mol. The number of nitrogens with one attached hydrogen (secondary N) is 1. The highest BCUT2D eigenvalue weighted by Crippen LogP contribution is 2.38. The van der Waals surface area contributed by atoms with Gasteiger partial charge >= 0.3 is 12.4 Å². The molecule has 0 unspecified atom stereocenters. The normalized spacial score (nSPS) is 19.2. The minimum Gasteiger partial charge on any atom is -0.352 e. The van der Waals surface area contributed by atoms with E-state index in [1.54, 1.807) is 0 Å². The molecule has 192 valence electrons. The summed E-state index contributed by atoms with van der Waals surface area (Å²) in [7, 11) is -8.36. The molecule has 2 aromatic rings. The van der Waals surface area contributed by atoms with E-state index in [0.29, 0.717) is 24.5 Å². The Morgan fingerprint density at radius 1 is 1.00 bits per heavy atom. The molecule has 7 nitrogen and oxygen atoms in total. The second-order valence-electron chi connectivity index (χ2n) is 8.06. The minimum atomic E-state index is -4.93. The Bertz CT molecular complexity index is 1350. The van der Waals surface area contributed by atoms with Gasteiger partial charge in [0, 0.05) is 12.8 Å². The molecule has 1 aromatic carbocycles. The Hall–Kier alpha value is -2.68. The van der Waals surface area contributed by atoms with Gasteiger partial charge in [-0.3, -0.25) is 4.79 Å². The fraction of sp³-hybridized carbons (Fsp3) is 0.400. The van der Waals surface area contributed by atoms with Crippen molar-refractivity contribution in [3.63, 3.8) is 0 Å². The van der Waals surface area contributed by atoms with Crippen LogP contribution >= 0.6 is 0 Å². The van der Waals surface area contributed by atoms with E-state index in [9.17, 15) is 48.0 Å². The number of benzene rings is 1. The van der Waals surface area contributed by atoms with Gasteiger partial charge in [0.2, 0.25) is 0 Å². The van der Waals surface area contributed by atoms with Crippen molar-refractivity contribution in [1.82, 2.24) is 10.3 Å². The van der Waals surface area contributed by atoms with Gasteiger partial charge in [0.05, 0.1) is 21.3 Å². The molecule has 0 atom stereocenters. The van der Waals surface area contributed by atoms with Gasteiger partial charge < -0.3 is 5.32 Å². The van der Waals surface area contributed by atoms with Crippen LogP contribution in [0.5, 0.6) is 0 Å². The highest BCUT2D eigenvalue weighted by Gasteiger charge is 2.41. The first-order chi connectivity index (χ1) is 15.9. The van der Waals surface area contributed by atoms with Crippen molar-refractivity contribution >= 4 is 25.6 Å². The van der Waals surface area contributed by atoms with E-state index in [4.69, 9.17) is 0 Å². The summed E-state index contributed by atoms with van der Waals surface area (Å²) in [6.45, 7) is -0.127. The van der Waals surface area contributed by atoms with E-state index in [1.165, 1.54) is 0 Å². The standard InChI is InChI=1S/C20H18F6N2O5S2/c1-34(30,31)18-15(5-6-16(28-18)20(24,25)26)17(29)27-10-11-7-14(8-11)35(32,33)13-4-2-3-12(9-13)19(21,22)23/h2-6,9,11,14H,7-8,10H2,1H3,(H,27,29)/t11-,14-. The van der Waals surface area contributed by atoms with Crippen LogP contribution in [-0.4, -0.2) is 45.8 Å². The number of carbonyl (C=O) groups is 1. The quantitative estimate of drug-likeness (QED) is 0.558. The maximum atomic E-state index is 12.9. The summed E-state index contributed by atoms with van der Waals surface area (Å²) in [5.74, 6) is -1.41. The average Bonchev–Trinajstić information content (AvgIpc) is 2.70. The highest BCUT2D eigenvalue weighted by molar-refractivity contribution is 7.92. The lowest BCUT2D eigenvalue weighted by molar-refractivity contribution is -0.141. The third-order valence-corrected chi connectivity index (χ3v) is 8.61. The number of aromatic nitrogens is 1. The lowest BCUT2D eigenvalue weighted by atomic mass is 9.85. The molecule has 1 heterocycles. The fourth-order valence-electron chi connectivity index (χ4n) is 3.52. The van der Waals surface area contributed by atoms with Crippen molar-refractivity contribution in [3.8, 4) is 0 Å². The molecular formula is C20H18F6N2O5S2. The molecule has 15 heteroatoms. The molecule has 1 aliphatic carbocycles. The zero-order valence-electron chi connectivity index (χ0n) is 17.8. The Labute approximate surface area is 196 Å². The molecule has 1 aliphatic rings. The molecular weight excluding hydrogens is 526 g/mol. The number of carbonyl (C=O) groups excluding carboxylic acids is 1. The smallest absolute Gasteiger partial charge is 0.352 e. The van der Waals surface area contributed by atoms with Crippen molar-refractivity contribution in [2.24, 2.45) is 5.92 Å². The van der Waals surface area contributed by atoms with Crippen LogP contribution in [0.25, 0.3) is 0 Å². The van der Waals surface area contributed by atoms with Crippen LogP contribution in [0.4, 0.5) is 26.3 Å².